The number of halogens is 5. The third-order valence-electron chi connectivity index (χ3n) is 4.33. The lowest BCUT2D eigenvalue weighted by Gasteiger charge is -2.09. The molecule has 0 saturated carbocycles. The molecule has 4 aromatic rings. The van der Waals surface area contributed by atoms with Gasteiger partial charge in [-0.3, -0.25) is 0 Å². The molecule has 9 heteroatoms. The third kappa shape index (κ3) is 3.86. The van der Waals surface area contributed by atoms with Crippen molar-refractivity contribution in [2.45, 2.75) is 6.18 Å². The van der Waals surface area contributed by atoms with E-state index in [0.29, 0.717) is 16.7 Å². The summed E-state index contributed by atoms with van der Waals surface area (Å²) in [6, 6.07) is 14.7. The maximum atomic E-state index is 13.8. The molecule has 0 aliphatic rings. The summed E-state index contributed by atoms with van der Waals surface area (Å²) in [6.07, 6.45) is -4.43. The lowest BCUT2D eigenvalue weighted by atomic mass is 10.0. The van der Waals surface area contributed by atoms with Crippen LogP contribution in [-0.2, 0) is 6.18 Å². The van der Waals surface area contributed by atoms with Gasteiger partial charge in [0.05, 0.1) is 11.1 Å². The van der Waals surface area contributed by atoms with Gasteiger partial charge >= 0.3 is 6.18 Å². The van der Waals surface area contributed by atoms with E-state index < -0.39 is 28.9 Å². The van der Waals surface area contributed by atoms with Crippen LogP contribution in [0.4, 0.5) is 22.0 Å². The predicted molar refractivity (Wildman–Crippen MR) is 98.8 cm³/mol. The highest BCUT2D eigenvalue weighted by atomic mass is 19.4. The molecule has 0 saturated heterocycles. The summed E-state index contributed by atoms with van der Waals surface area (Å²) >= 11 is 0. The minimum absolute atomic E-state index is 0.103. The molecule has 1 heterocycles. The van der Waals surface area contributed by atoms with Gasteiger partial charge in [0, 0.05) is 5.56 Å². The number of aromatic nitrogens is 4. The average molecular weight is 414 g/mol. The van der Waals surface area contributed by atoms with E-state index in [1.165, 1.54) is 12.1 Å². The molecule has 3 aromatic carbocycles. The van der Waals surface area contributed by atoms with Crippen LogP contribution >= 0.6 is 0 Å². The molecule has 0 amide bonds. The topological polar surface area (TPSA) is 51.6 Å². The zero-order valence-electron chi connectivity index (χ0n) is 15.0. The second-order valence-corrected chi connectivity index (χ2v) is 6.30. The van der Waals surface area contributed by atoms with Crippen LogP contribution in [0.2, 0.25) is 0 Å². The number of hydrogen-bond donors (Lipinski definition) is 0. The van der Waals surface area contributed by atoms with Crippen molar-refractivity contribution >= 4 is 0 Å². The first-order chi connectivity index (χ1) is 14.3. The Hall–Kier alpha value is -3.75. The number of alkyl halides is 3. The quantitative estimate of drug-likeness (QED) is 0.412. The molecule has 0 atom stereocenters. The van der Waals surface area contributed by atoms with E-state index in [-0.39, 0.29) is 11.6 Å². The Bertz CT molecular complexity index is 1170. The molecule has 0 aliphatic heterocycles. The number of rotatable bonds is 3. The molecule has 0 unspecified atom stereocenters. The Kier molecular flexibility index (Phi) is 4.94. The summed E-state index contributed by atoms with van der Waals surface area (Å²) in [6.45, 7) is 0. The molecule has 4 nitrogen and oxygen atoms in total. The van der Waals surface area contributed by atoms with E-state index in [2.05, 4.69) is 20.4 Å². The van der Waals surface area contributed by atoms with Crippen LogP contribution in [0.25, 0.3) is 33.9 Å². The van der Waals surface area contributed by atoms with Crippen molar-refractivity contribution in [1.82, 2.24) is 20.4 Å². The van der Waals surface area contributed by atoms with Crippen LogP contribution in [0.5, 0.6) is 0 Å². The minimum atomic E-state index is -4.43. The van der Waals surface area contributed by atoms with Crippen LogP contribution in [0, 0.1) is 11.6 Å². The van der Waals surface area contributed by atoms with Crippen molar-refractivity contribution in [3.05, 3.63) is 83.9 Å². The zero-order valence-corrected chi connectivity index (χ0v) is 15.0. The Morgan fingerprint density at radius 2 is 1.10 bits per heavy atom. The fraction of sp³-hybridized carbons (Fsp3) is 0.0476. The van der Waals surface area contributed by atoms with E-state index in [4.69, 9.17) is 0 Å². The normalized spacial score (nSPS) is 11.5. The first kappa shape index (κ1) is 19.6. The standard InChI is InChI=1S/C21H11F5N4/c22-16-5-2-6-17(23)18(16)20-29-27-19(28-30-20)13-9-7-12(8-10-13)14-3-1-4-15(11-14)21(24,25)26/h1-11H. The molecule has 0 radical (unpaired) electrons. The van der Waals surface area contributed by atoms with Crippen molar-refractivity contribution in [3.8, 4) is 33.9 Å². The van der Waals surface area contributed by atoms with E-state index in [1.807, 2.05) is 0 Å². The summed E-state index contributed by atoms with van der Waals surface area (Å²) < 4.78 is 66.3. The Morgan fingerprint density at radius 1 is 0.567 bits per heavy atom. The van der Waals surface area contributed by atoms with Crippen LogP contribution in [0.1, 0.15) is 5.56 Å². The van der Waals surface area contributed by atoms with Gasteiger partial charge in [0.15, 0.2) is 0 Å². The zero-order chi connectivity index (χ0) is 21.3. The molecule has 0 aliphatic carbocycles. The summed E-state index contributed by atoms with van der Waals surface area (Å²) in [7, 11) is 0. The SMILES string of the molecule is Fc1cccc(F)c1-c1nnc(-c2ccc(-c3cccc(C(F)(F)F)c3)cc2)nn1. The fourth-order valence-electron chi connectivity index (χ4n) is 2.84. The third-order valence-corrected chi connectivity index (χ3v) is 4.33. The van der Waals surface area contributed by atoms with Crippen molar-refractivity contribution in [2.75, 3.05) is 0 Å². The van der Waals surface area contributed by atoms with Gasteiger partial charge in [-0.1, -0.05) is 42.5 Å². The van der Waals surface area contributed by atoms with Gasteiger partial charge in [-0.25, -0.2) is 8.78 Å². The van der Waals surface area contributed by atoms with Gasteiger partial charge in [0.2, 0.25) is 11.6 Å². The molecule has 0 spiro atoms. The molecular formula is C21H11F5N4. The monoisotopic (exact) mass is 414 g/mol. The molecule has 30 heavy (non-hydrogen) atoms. The van der Waals surface area contributed by atoms with Gasteiger partial charge in [-0.2, -0.15) is 13.2 Å². The highest BCUT2D eigenvalue weighted by Crippen LogP contribution is 2.32. The Morgan fingerprint density at radius 3 is 1.70 bits per heavy atom. The number of hydrogen-bond acceptors (Lipinski definition) is 4. The summed E-state index contributed by atoms with van der Waals surface area (Å²) in [5.41, 5.74) is 0.293. The number of nitrogens with zero attached hydrogens (tertiary/aromatic N) is 4. The molecule has 4 rings (SSSR count). The van der Waals surface area contributed by atoms with Gasteiger partial charge in [-0.05, 0) is 35.4 Å². The van der Waals surface area contributed by atoms with Crippen LogP contribution in [0.15, 0.2) is 66.7 Å². The number of benzene rings is 3. The van der Waals surface area contributed by atoms with Crippen LogP contribution < -0.4 is 0 Å². The first-order valence-electron chi connectivity index (χ1n) is 8.63. The average Bonchev–Trinajstić information content (AvgIpc) is 2.74. The minimum Gasteiger partial charge on any atom is -0.206 e. The van der Waals surface area contributed by atoms with Gasteiger partial charge in [0.25, 0.3) is 0 Å². The molecular weight excluding hydrogens is 403 g/mol. The first-order valence-corrected chi connectivity index (χ1v) is 8.63. The van der Waals surface area contributed by atoms with E-state index >= 15 is 0 Å². The molecule has 1 aromatic heterocycles. The van der Waals surface area contributed by atoms with E-state index in [0.717, 1.165) is 24.3 Å². The molecule has 0 bridgehead atoms. The van der Waals surface area contributed by atoms with Gasteiger partial charge in [0.1, 0.15) is 11.6 Å². The summed E-state index contributed by atoms with van der Waals surface area (Å²) in [5.74, 6) is -1.87. The van der Waals surface area contributed by atoms with Crippen molar-refractivity contribution in [2.24, 2.45) is 0 Å². The second-order valence-electron chi connectivity index (χ2n) is 6.30. The maximum absolute atomic E-state index is 13.8. The van der Waals surface area contributed by atoms with Crippen molar-refractivity contribution in [3.63, 3.8) is 0 Å². The van der Waals surface area contributed by atoms with Crippen LogP contribution in [0.3, 0.4) is 0 Å². The molecule has 0 fully saturated rings. The van der Waals surface area contributed by atoms with Crippen molar-refractivity contribution in [1.29, 1.82) is 0 Å². The second kappa shape index (κ2) is 7.58. The lowest BCUT2D eigenvalue weighted by Crippen LogP contribution is -2.04. The van der Waals surface area contributed by atoms with Gasteiger partial charge in [-0.15, -0.1) is 20.4 Å². The fourth-order valence-corrected chi connectivity index (χ4v) is 2.84. The van der Waals surface area contributed by atoms with E-state index in [9.17, 15) is 22.0 Å². The highest BCUT2D eigenvalue weighted by Gasteiger charge is 2.30. The summed E-state index contributed by atoms with van der Waals surface area (Å²) in [4.78, 5) is 0. The highest BCUT2D eigenvalue weighted by molar-refractivity contribution is 5.68. The van der Waals surface area contributed by atoms with E-state index in [1.54, 1.807) is 30.3 Å². The Balaban J connectivity index is 1.61. The van der Waals surface area contributed by atoms with Crippen LogP contribution in [-0.4, -0.2) is 20.4 Å². The predicted octanol–water partition coefficient (Wildman–Crippen LogP) is 5.56. The Labute approximate surface area is 167 Å². The maximum Gasteiger partial charge on any atom is 0.416 e. The largest absolute Gasteiger partial charge is 0.416 e. The van der Waals surface area contributed by atoms with Crippen molar-refractivity contribution < 1.29 is 22.0 Å². The smallest absolute Gasteiger partial charge is 0.206 e. The van der Waals surface area contributed by atoms with Gasteiger partial charge < -0.3 is 0 Å². The molecule has 0 N–H and O–H groups in total. The lowest BCUT2D eigenvalue weighted by molar-refractivity contribution is -0.137. The summed E-state index contributed by atoms with van der Waals surface area (Å²) in [5, 5.41) is 15.2. The molecule has 150 valence electrons.